The van der Waals surface area contributed by atoms with E-state index < -0.39 is 5.78 Å². The van der Waals surface area contributed by atoms with Gasteiger partial charge in [0.25, 0.3) is 11.7 Å². The second kappa shape index (κ2) is 9.74. The van der Waals surface area contributed by atoms with Gasteiger partial charge in [0.2, 0.25) is 0 Å². The molecule has 35 heavy (non-hydrogen) atoms. The third kappa shape index (κ3) is 4.52. The molecular formula is C26H18Cl3N3O3. The Bertz CT molecular complexity index is 1540. The third-order valence-electron chi connectivity index (χ3n) is 5.50. The number of aromatic nitrogens is 3. The van der Waals surface area contributed by atoms with Crippen molar-refractivity contribution < 1.29 is 13.9 Å². The molecule has 0 aliphatic heterocycles. The molecule has 0 radical (unpaired) electrons. The molecule has 0 aliphatic carbocycles. The molecule has 0 aliphatic rings. The van der Waals surface area contributed by atoms with E-state index in [1.807, 2.05) is 35.8 Å². The highest BCUT2D eigenvalue weighted by Gasteiger charge is 2.27. The summed E-state index contributed by atoms with van der Waals surface area (Å²) in [4.78, 5) is 21.9. The number of oxazole rings is 1. The van der Waals surface area contributed by atoms with Gasteiger partial charge in [-0.25, -0.2) is 4.98 Å². The van der Waals surface area contributed by atoms with Crippen molar-refractivity contribution in [3.8, 4) is 17.1 Å². The Morgan fingerprint density at radius 1 is 1.09 bits per heavy atom. The maximum absolute atomic E-state index is 13.6. The topological polar surface area (TPSA) is 70.2 Å². The Labute approximate surface area is 216 Å². The van der Waals surface area contributed by atoms with E-state index >= 15 is 0 Å². The SMILES string of the molecule is CCOc1ccc2c(c1)c(C(=O)c1ncc(-c3cccnc3)o1)c(Cl)n2Cc1ccc(Cl)cc1Cl. The predicted molar refractivity (Wildman–Crippen MR) is 137 cm³/mol. The van der Waals surface area contributed by atoms with Crippen molar-refractivity contribution in [1.82, 2.24) is 14.5 Å². The molecule has 3 aromatic heterocycles. The second-order valence-electron chi connectivity index (χ2n) is 7.70. The van der Waals surface area contributed by atoms with Gasteiger partial charge in [0, 0.05) is 33.4 Å². The fourth-order valence-electron chi connectivity index (χ4n) is 3.88. The first-order valence-corrected chi connectivity index (χ1v) is 11.9. The lowest BCUT2D eigenvalue weighted by Gasteiger charge is -2.10. The number of fused-ring (bicyclic) bond motifs is 1. The molecule has 9 heteroatoms. The standard InChI is InChI=1S/C26H18Cl3N3O3/c1-2-34-18-7-8-21-19(11-18)23(25(29)32(21)14-16-5-6-17(27)10-20(16)28)24(33)26-31-13-22(35-26)15-4-3-9-30-12-15/h3-13H,2,14H2,1H3. The number of halogens is 3. The number of ether oxygens (including phenoxy) is 1. The summed E-state index contributed by atoms with van der Waals surface area (Å²) in [5.41, 5.74) is 2.53. The first kappa shape index (κ1) is 23.4. The highest BCUT2D eigenvalue weighted by molar-refractivity contribution is 6.37. The molecule has 2 aromatic carbocycles. The normalized spacial score (nSPS) is 11.2. The second-order valence-corrected chi connectivity index (χ2v) is 8.90. The smallest absolute Gasteiger partial charge is 0.268 e. The van der Waals surface area contributed by atoms with Crippen LogP contribution < -0.4 is 4.74 Å². The van der Waals surface area contributed by atoms with Gasteiger partial charge in [-0.1, -0.05) is 40.9 Å². The van der Waals surface area contributed by atoms with Crippen LogP contribution in [0.1, 0.15) is 28.7 Å². The summed E-state index contributed by atoms with van der Waals surface area (Å²) >= 11 is 19.3. The Hall–Kier alpha value is -3.32. The number of benzene rings is 2. The number of pyridine rings is 1. The molecule has 5 aromatic rings. The van der Waals surface area contributed by atoms with Crippen LogP contribution in [0.15, 0.2) is 71.5 Å². The number of nitrogens with zero attached hydrogens (tertiary/aromatic N) is 3. The maximum Gasteiger partial charge on any atom is 0.268 e. The van der Waals surface area contributed by atoms with Crippen LogP contribution in [0, 0.1) is 0 Å². The molecule has 0 saturated heterocycles. The van der Waals surface area contributed by atoms with Gasteiger partial charge in [-0.05, 0) is 55.0 Å². The molecule has 0 atom stereocenters. The highest BCUT2D eigenvalue weighted by Crippen LogP contribution is 2.36. The molecule has 0 saturated carbocycles. The lowest BCUT2D eigenvalue weighted by atomic mass is 10.1. The largest absolute Gasteiger partial charge is 0.494 e. The minimum Gasteiger partial charge on any atom is -0.494 e. The van der Waals surface area contributed by atoms with Crippen molar-refractivity contribution in [2.75, 3.05) is 6.61 Å². The average molecular weight is 527 g/mol. The van der Waals surface area contributed by atoms with Gasteiger partial charge in [0.15, 0.2) is 5.76 Å². The average Bonchev–Trinajstić information content (AvgIpc) is 3.45. The molecule has 0 fully saturated rings. The molecule has 176 valence electrons. The van der Waals surface area contributed by atoms with Crippen LogP contribution >= 0.6 is 34.8 Å². The monoisotopic (exact) mass is 525 g/mol. The van der Waals surface area contributed by atoms with E-state index in [4.69, 9.17) is 44.0 Å². The molecule has 0 spiro atoms. The fourth-order valence-corrected chi connectivity index (χ4v) is 4.68. The zero-order valence-electron chi connectivity index (χ0n) is 18.5. The zero-order valence-corrected chi connectivity index (χ0v) is 20.7. The number of ketones is 1. The molecule has 0 amide bonds. The molecule has 6 nitrogen and oxygen atoms in total. The third-order valence-corrected chi connectivity index (χ3v) is 6.48. The molecular weight excluding hydrogens is 509 g/mol. The van der Waals surface area contributed by atoms with E-state index in [1.54, 1.807) is 36.7 Å². The minimum absolute atomic E-state index is 0.0730. The van der Waals surface area contributed by atoms with Gasteiger partial charge in [-0.15, -0.1) is 0 Å². The maximum atomic E-state index is 13.6. The number of carbonyl (C=O) groups is 1. The highest BCUT2D eigenvalue weighted by atomic mass is 35.5. The number of hydrogen-bond donors (Lipinski definition) is 0. The van der Waals surface area contributed by atoms with E-state index in [0.717, 1.165) is 11.1 Å². The fraction of sp³-hybridized carbons (Fsp3) is 0.115. The molecule has 0 unspecified atom stereocenters. The number of rotatable bonds is 7. The quantitative estimate of drug-likeness (QED) is 0.208. The zero-order chi connectivity index (χ0) is 24.5. The first-order chi connectivity index (χ1) is 17.0. The lowest BCUT2D eigenvalue weighted by molar-refractivity contribution is 0.100. The van der Waals surface area contributed by atoms with Gasteiger partial charge < -0.3 is 13.7 Å². The van der Waals surface area contributed by atoms with Crippen LogP contribution in [0.25, 0.3) is 22.2 Å². The van der Waals surface area contributed by atoms with E-state index in [-0.39, 0.29) is 16.6 Å². The number of hydrogen-bond acceptors (Lipinski definition) is 5. The Balaban J connectivity index is 1.62. The Morgan fingerprint density at radius 3 is 2.69 bits per heavy atom. The van der Waals surface area contributed by atoms with E-state index in [0.29, 0.717) is 45.7 Å². The minimum atomic E-state index is -0.440. The van der Waals surface area contributed by atoms with Crippen molar-refractivity contribution >= 4 is 51.5 Å². The molecule has 0 N–H and O–H groups in total. The van der Waals surface area contributed by atoms with Crippen LogP contribution in [0.5, 0.6) is 5.75 Å². The summed E-state index contributed by atoms with van der Waals surface area (Å²) in [6, 6.07) is 14.4. The molecule has 5 rings (SSSR count). The molecule has 0 bridgehead atoms. The van der Waals surface area contributed by atoms with Crippen LogP contribution in [0.4, 0.5) is 0 Å². The van der Waals surface area contributed by atoms with E-state index in [9.17, 15) is 4.79 Å². The summed E-state index contributed by atoms with van der Waals surface area (Å²) in [6.45, 7) is 2.71. The van der Waals surface area contributed by atoms with Crippen molar-refractivity contribution in [1.29, 1.82) is 0 Å². The van der Waals surface area contributed by atoms with Crippen molar-refractivity contribution in [3.05, 3.63) is 99.3 Å². The Kier molecular flexibility index (Phi) is 6.52. The van der Waals surface area contributed by atoms with Gasteiger partial charge in [-0.3, -0.25) is 9.78 Å². The van der Waals surface area contributed by atoms with Gasteiger partial charge >= 0.3 is 0 Å². The van der Waals surface area contributed by atoms with Crippen molar-refractivity contribution in [2.24, 2.45) is 0 Å². The predicted octanol–water partition coefficient (Wildman–Crippen LogP) is 7.33. The summed E-state index contributed by atoms with van der Waals surface area (Å²) in [6.07, 6.45) is 4.79. The van der Waals surface area contributed by atoms with Gasteiger partial charge in [0.05, 0.1) is 30.4 Å². The first-order valence-electron chi connectivity index (χ1n) is 10.8. The van der Waals surface area contributed by atoms with Gasteiger partial charge in [0.1, 0.15) is 10.9 Å². The lowest BCUT2D eigenvalue weighted by Crippen LogP contribution is -2.04. The summed E-state index contributed by atoms with van der Waals surface area (Å²) < 4.78 is 13.3. The summed E-state index contributed by atoms with van der Waals surface area (Å²) in [7, 11) is 0. The van der Waals surface area contributed by atoms with Gasteiger partial charge in [-0.2, -0.15) is 0 Å². The van der Waals surface area contributed by atoms with Crippen molar-refractivity contribution in [2.45, 2.75) is 13.5 Å². The summed E-state index contributed by atoms with van der Waals surface area (Å²) in [5, 5.41) is 1.90. The van der Waals surface area contributed by atoms with Crippen LogP contribution in [-0.2, 0) is 6.54 Å². The van der Waals surface area contributed by atoms with Crippen LogP contribution in [0.3, 0.4) is 0 Å². The van der Waals surface area contributed by atoms with Crippen molar-refractivity contribution in [3.63, 3.8) is 0 Å². The van der Waals surface area contributed by atoms with E-state index in [1.165, 1.54) is 6.20 Å². The number of carbonyl (C=O) groups excluding carboxylic acids is 1. The van der Waals surface area contributed by atoms with Crippen LogP contribution in [-0.4, -0.2) is 26.9 Å². The summed E-state index contributed by atoms with van der Waals surface area (Å²) in [5.74, 6) is 0.543. The molecule has 3 heterocycles. The van der Waals surface area contributed by atoms with Crippen LogP contribution in [0.2, 0.25) is 15.2 Å². The Morgan fingerprint density at radius 2 is 1.94 bits per heavy atom. The van der Waals surface area contributed by atoms with E-state index in [2.05, 4.69) is 9.97 Å².